The molecule has 0 radical (unpaired) electrons. The molecule has 2 aromatic rings. The van der Waals surface area contributed by atoms with E-state index in [1.165, 1.54) is 6.21 Å². The standard InChI is InChI=1S/C19H19Cl2N3O2/c1-24(2)12-15(19(25)23-17-6-4-3-5-7-17)11-22-26-13-14-8-9-16(20)10-18(14)21/h3-12H,13H2,1-2H3,(H,23,25)/b15-12?,22-11-. The molecule has 5 nitrogen and oxygen atoms in total. The third kappa shape index (κ3) is 6.43. The molecule has 0 saturated heterocycles. The Labute approximate surface area is 162 Å². The van der Waals surface area contributed by atoms with E-state index in [1.54, 1.807) is 41.4 Å². The molecule has 2 aromatic carbocycles. The maximum Gasteiger partial charge on any atom is 0.258 e. The van der Waals surface area contributed by atoms with Gasteiger partial charge in [0.05, 0.1) is 11.8 Å². The Kier molecular flexibility index (Phi) is 7.51. The van der Waals surface area contributed by atoms with Crippen LogP contribution in [-0.2, 0) is 16.2 Å². The summed E-state index contributed by atoms with van der Waals surface area (Å²) in [5, 5.41) is 7.73. The fourth-order valence-corrected chi connectivity index (χ4v) is 2.46. The van der Waals surface area contributed by atoms with Crippen LogP contribution in [0.15, 0.2) is 65.5 Å². The predicted molar refractivity (Wildman–Crippen MR) is 107 cm³/mol. The minimum absolute atomic E-state index is 0.169. The molecule has 1 amide bonds. The first-order valence-corrected chi connectivity index (χ1v) is 8.55. The van der Waals surface area contributed by atoms with Crippen LogP contribution in [0.5, 0.6) is 0 Å². The van der Waals surface area contributed by atoms with Gasteiger partial charge in [0.25, 0.3) is 5.91 Å². The lowest BCUT2D eigenvalue weighted by atomic mass is 10.2. The van der Waals surface area contributed by atoms with Gasteiger partial charge in [-0.15, -0.1) is 0 Å². The monoisotopic (exact) mass is 391 g/mol. The quantitative estimate of drug-likeness (QED) is 0.426. The number of amides is 1. The molecule has 0 aliphatic carbocycles. The number of hydrogen-bond acceptors (Lipinski definition) is 4. The van der Waals surface area contributed by atoms with Crippen LogP contribution in [0, 0.1) is 0 Å². The molecule has 0 heterocycles. The molecule has 0 aliphatic rings. The third-order valence-corrected chi connectivity index (χ3v) is 3.78. The van der Waals surface area contributed by atoms with E-state index in [0.29, 0.717) is 21.3 Å². The van der Waals surface area contributed by atoms with Crippen molar-refractivity contribution in [1.82, 2.24) is 4.90 Å². The molecule has 0 saturated carbocycles. The zero-order valence-corrected chi connectivity index (χ0v) is 16.0. The normalized spacial score (nSPS) is 11.5. The molecule has 0 fully saturated rings. The van der Waals surface area contributed by atoms with Gasteiger partial charge in [-0.05, 0) is 24.3 Å². The van der Waals surface area contributed by atoms with Crippen molar-refractivity contribution in [2.75, 3.05) is 19.4 Å². The molecule has 0 unspecified atom stereocenters. The molecule has 1 N–H and O–H groups in total. The summed E-state index contributed by atoms with van der Waals surface area (Å²) in [5.74, 6) is -0.290. The predicted octanol–water partition coefficient (Wildman–Crippen LogP) is 4.58. The number of benzene rings is 2. The van der Waals surface area contributed by atoms with Gasteiger partial charge in [0.2, 0.25) is 0 Å². The molecule has 26 heavy (non-hydrogen) atoms. The van der Waals surface area contributed by atoms with Crippen molar-refractivity contribution in [2.24, 2.45) is 5.16 Å². The first-order chi connectivity index (χ1) is 12.5. The Morgan fingerprint density at radius 1 is 1.19 bits per heavy atom. The van der Waals surface area contributed by atoms with Gasteiger partial charge < -0.3 is 15.1 Å². The first-order valence-electron chi connectivity index (χ1n) is 7.79. The van der Waals surface area contributed by atoms with Crippen molar-refractivity contribution >= 4 is 41.0 Å². The van der Waals surface area contributed by atoms with Gasteiger partial charge in [0.15, 0.2) is 0 Å². The molecule has 136 valence electrons. The Morgan fingerprint density at radius 2 is 1.92 bits per heavy atom. The minimum Gasteiger partial charge on any atom is -0.391 e. The summed E-state index contributed by atoms with van der Waals surface area (Å²) in [6.07, 6.45) is 3.02. The maximum atomic E-state index is 12.4. The highest BCUT2D eigenvalue weighted by atomic mass is 35.5. The van der Waals surface area contributed by atoms with E-state index in [1.807, 2.05) is 32.3 Å². The summed E-state index contributed by atoms with van der Waals surface area (Å²) in [6, 6.07) is 14.3. The fraction of sp³-hybridized carbons (Fsp3) is 0.158. The largest absolute Gasteiger partial charge is 0.391 e. The van der Waals surface area contributed by atoms with E-state index < -0.39 is 0 Å². The highest BCUT2D eigenvalue weighted by molar-refractivity contribution is 6.35. The highest BCUT2D eigenvalue weighted by Gasteiger charge is 2.09. The van der Waals surface area contributed by atoms with E-state index in [-0.39, 0.29) is 12.5 Å². The Balaban J connectivity index is 2.00. The second-order valence-corrected chi connectivity index (χ2v) is 6.46. The molecular formula is C19H19Cl2N3O2. The van der Waals surface area contributed by atoms with Crippen molar-refractivity contribution < 1.29 is 9.63 Å². The van der Waals surface area contributed by atoms with Crippen molar-refractivity contribution in [3.05, 3.63) is 75.9 Å². The van der Waals surface area contributed by atoms with Crippen LogP contribution in [0.4, 0.5) is 5.69 Å². The lowest BCUT2D eigenvalue weighted by Crippen LogP contribution is -2.18. The number of para-hydroxylation sites is 1. The number of carbonyl (C=O) groups excluding carboxylic acids is 1. The minimum atomic E-state index is -0.290. The molecular weight excluding hydrogens is 373 g/mol. The summed E-state index contributed by atoms with van der Waals surface area (Å²) in [4.78, 5) is 19.4. The van der Waals surface area contributed by atoms with Gasteiger partial charge >= 0.3 is 0 Å². The topological polar surface area (TPSA) is 53.9 Å². The second-order valence-electron chi connectivity index (χ2n) is 5.61. The fourth-order valence-electron chi connectivity index (χ4n) is 1.99. The molecule has 7 heteroatoms. The Morgan fingerprint density at radius 3 is 2.58 bits per heavy atom. The summed E-state index contributed by atoms with van der Waals surface area (Å²) < 4.78 is 0. The van der Waals surface area contributed by atoms with Gasteiger partial charge in [0, 0.05) is 41.6 Å². The van der Waals surface area contributed by atoms with E-state index in [9.17, 15) is 4.79 Å². The van der Waals surface area contributed by atoms with Crippen LogP contribution in [0.25, 0.3) is 0 Å². The second kappa shape index (κ2) is 9.85. The molecule has 2 rings (SSSR count). The van der Waals surface area contributed by atoms with Crippen LogP contribution >= 0.6 is 23.2 Å². The van der Waals surface area contributed by atoms with Gasteiger partial charge in [-0.2, -0.15) is 0 Å². The van der Waals surface area contributed by atoms with Crippen LogP contribution < -0.4 is 5.32 Å². The Hall–Kier alpha value is -2.50. The van der Waals surface area contributed by atoms with Crippen molar-refractivity contribution in [2.45, 2.75) is 6.61 Å². The lowest BCUT2D eigenvalue weighted by Gasteiger charge is -2.09. The van der Waals surface area contributed by atoms with Crippen molar-refractivity contribution in [3.63, 3.8) is 0 Å². The average Bonchev–Trinajstić information content (AvgIpc) is 2.59. The van der Waals surface area contributed by atoms with Crippen LogP contribution in [0.1, 0.15) is 5.56 Å². The molecule has 0 aromatic heterocycles. The van der Waals surface area contributed by atoms with Gasteiger partial charge in [0.1, 0.15) is 6.61 Å². The van der Waals surface area contributed by atoms with Crippen LogP contribution in [0.3, 0.4) is 0 Å². The van der Waals surface area contributed by atoms with Gasteiger partial charge in [-0.3, -0.25) is 4.79 Å². The van der Waals surface area contributed by atoms with Gasteiger partial charge in [-0.1, -0.05) is 52.6 Å². The van der Waals surface area contributed by atoms with E-state index >= 15 is 0 Å². The maximum absolute atomic E-state index is 12.4. The summed E-state index contributed by atoms with van der Waals surface area (Å²) in [6.45, 7) is 0.169. The van der Waals surface area contributed by atoms with Gasteiger partial charge in [-0.25, -0.2) is 0 Å². The summed E-state index contributed by atoms with van der Waals surface area (Å²) in [5.41, 5.74) is 1.80. The number of carbonyl (C=O) groups is 1. The third-order valence-electron chi connectivity index (χ3n) is 3.19. The summed E-state index contributed by atoms with van der Waals surface area (Å²) >= 11 is 11.9. The smallest absolute Gasteiger partial charge is 0.258 e. The number of anilines is 1. The first kappa shape index (κ1) is 19.8. The number of oxime groups is 1. The zero-order chi connectivity index (χ0) is 18.9. The zero-order valence-electron chi connectivity index (χ0n) is 14.4. The van der Waals surface area contributed by atoms with E-state index in [2.05, 4.69) is 10.5 Å². The van der Waals surface area contributed by atoms with Crippen molar-refractivity contribution in [3.8, 4) is 0 Å². The number of nitrogens with one attached hydrogen (secondary N) is 1. The molecule has 0 atom stereocenters. The number of rotatable bonds is 7. The lowest BCUT2D eigenvalue weighted by molar-refractivity contribution is -0.112. The molecule has 0 aliphatic heterocycles. The molecule has 0 spiro atoms. The number of hydrogen-bond donors (Lipinski definition) is 1. The number of halogens is 2. The number of nitrogens with zero attached hydrogens (tertiary/aromatic N) is 2. The highest BCUT2D eigenvalue weighted by Crippen LogP contribution is 2.21. The SMILES string of the molecule is CN(C)C=C(/C=N\OCc1ccc(Cl)cc1Cl)C(=O)Nc1ccccc1. The molecule has 0 bridgehead atoms. The van der Waals surface area contributed by atoms with E-state index in [0.717, 1.165) is 5.56 Å². The van der Waals surface area contributed by atoms with Crippen LogP contribution in [0.2, 0.25) is 10.0 Å². The summed E-state index contributed by atoms with van der Waals surface area (Å²) in [7, 11) is 3.63. The average molecular weight is 392 g/mol. The van der Waals surface area contributed by atoms with Crippen molar-refractivity contribution in [1.29, 1.82) is 0 Å². The van der Waals surface area contributed by atoms with E-state index in [4.69, 9.17) is 28.0 Å². The Bertz CT molecular complexity index is 806. The van der Waals surface area contributed by atoms with Crippen LogP contribution in [-0.4, -0.2) is 31.1 Å².